The lowest BCUT2D eigenvalue weighted by atomic mass is 9.89. The quantitative estimate of drug-likeness (QED) is 0.302. The number of hydrogen-bond acceptors (Lipinski definition) is 7. The minimum Gasteiger partial charge on any atom is -0.496 e. The zero-order valence-corrected chi connectivity index (χ0v) is 16.6. The van der Waals surface area contributed by atoms with Gasteiger partial charge in [-0.05, 0) is 49.2 Å². The fraction of sp³-hybridized carbons (Fsp3) is 0.238. The van der Waals surface area contributed by atoms with Gasteiger partial charge in [-0.25, -0.2) is 15.8 Å². The van der Waals surface area contributed by atoms with Crippen molar-refractivity contribution in [2.45, 2.75) is 25.4 Å². The van der Waals surface area contributed by atoms with Crippen LogP contribution in [0.25, 0.3) is 21.9 Å². The Kier molecular flexibility index (Phi) is 4.61. The van der Waals surface area contributed by atoms with E-state index in [0.29, 0.717) is 12.0 Å². The van der Waals surface area contributed by atoms with Crippen molar-refractivity contribution in [2.24, 2.45) is 0 Å². The molecule has 0 amide bonds. The van der Waals surface area contributed by atoms with Crippen molar-refractivity contribution >= 4 is 21.9 Å². The molecule has 1 fully saturated rings. The number of aryl methyl sites for hydroxylation is 1. The summed E-state index contributed by atoms with van der Waals surface area (Å²) in [6.07, 6.45) is 2.62. The van der Waals surface area contributed by atoms with Crippen LogP contribution in [0.4, 0.5) is 0 Å². The molecule has 5 rings (SSSR count). The molecule has 1 unspecified atom stereocenters. The highest BCUT2D eigenvalue weighted by atomic mass is 16.5. The topological polar surface area (TPSA) is 126 Å². The van der Waals surface area contributed by atoms with Crippen LogP contribution in [0.15, 0.2) is 36.5 Å². The van der Waals surface area contributed by atoms with Crippen LogP contribution in [-0.2, 0) is 0 Å². The van der Waals surface area contributed by atoms with Crippen LogP contribution < -0.4 is 26.7 Å². The average molecular weight is 402 g/mol. The molecule has 0 aliphatic carbocycles. The molecular formula is C21H22N8O. The van der Waals surface area contributed by atoms with Gasteiger partial charge < -0.3 is 14.7 Å². The van der Waals surface area contributed by atoms with Gasteiger partial charge >= 0.3 is 0 Å². The maximum Gasteiger partial charge on any atom is 0.123 e. The molecule has 152 valence electrons. The minimum atomic E-state index is -0.0940. The largest absolute Gasteiger partial charge is 0.496 e. The number of benzene rings is 2. The van der Waals surface area contributed by atoms with Gasteiger partial charge in [0.25, 0.3) is 0 Å². The van der Waals surface area contributed by atoms with Crippen molar-refractivity contribution in [1.29, 1.82) is 5.26 Å². The fourth-order valence-electron chi connectivity index (χ4n) is 4.19. The van der Waals surface area contributed by atoms with E-state index in [9.17, 15) is 5.26 Å². The van der Waals surface area contributed by atoms with Crippen molar-refractivity contribution in [3.05, 3.63) is 59.0 Å². The van der Waals surface area contributed by atoms with Crippen LogP contribution >= 0.6 is 0 Å². The summed E-state index contributed by atoms with van der Waals surface area (Å²) < 4.78 is 5.81. The van der Waals surface area contributed by atoms with Crippen LogP contribution in [0.3, 0.4) is 0 Å². The van der Waals surface area contributed by atoms with Gasteiger partial charge in [0, 0.05) is 28.6 Å². The number of methoxy groups -OCH3 is 1. The standard InChI is InChI=1S/C21H22N8O/c1-11-7-17(30-2)19(13-5-6-23-20(11)13)14(9-18-26-28-29-27-18)21-24-15-4-3-12(10-22)8-16(15)25-21/h3-8,14,18,23,26-29H,9H2,1-2H3,(H,24,25). The molecule has 4 aromatic rings. The van der Waals surface area contributed by atoms with Crippen molar-refractivity contribution in [1.82, 2.24) is 36.9 Å². The lowest BCUT2D eigenvalue weighted by Crippen LogP contribution is -2.35. The molecule has 6 N–H and O–H groups in total. The number of nitriles is 1. The minimum absolute atomic E-state index is 0.0297. The maximum absolute atomic E-state index is 9.23. The van der Waals surface area contributed by atoms with Gasteiger partial charge in [-0.15, -0.1) is 0 Å². The molecule has 1 saturated heterocycles. The van der Waals surface area contributed by atoms with E-state index in [0.717, 1.165) is 44.6 Å². The first kappa shape index (κ1) is 18.6. The maximum atomic E-state index is 9.23. The monoisotopic (exact) mass is 402 g/mol. The van der Waals surface area contributed by atoms with E-state index in [4.69, 9.17) is 9.72 Å². The lowest BCUT2D eigenvalue weighted by Gasteiger charge is -2.22. The number of ether oxygens (including phenoxy) is 1. The number of fused-ring (bicyclic) bond motifs is 2. The van der Waals surface area contributed by atoms with Crippen LogP contribution in [0.2, 0.25) is 0 Å². The number of imidazole rings is 1. The number of nitrogens with one attached hydrogen (secondary N) is 6. The number of hydrogen-bond donors (Lipinski definition) is 6. The second kappa shape index (κ2) is 7.44. The Morgan fingerprint density at radius 3 is 2.80 bits per heavy atom. The van der Waals surface area contributed by atoms with Crippen molar-refractivity contribution in [2.75, 3.05) is 7.11 Å². The second-order valence-electron chi connectivity index (χ2n) is 7.42. The number of hydrazine groups is 3. The molecule has 9 heteroatoms. The third-order valence-corrected chi connectivity index (χ3v) is 5.60. The Hall–Kier alpha value is -3.42. The molecule has 1 aliphatic rings. The SMILES string of the molecule is COc1cc(C)c2[nH]ccc2c1C(CC1NNNN1)c1nc2cc(C#N)ccc2[nH]1. The number of H-pyrrole nitrogens is 2. The Morgan fingerprint density at radius 1 is 1.20 bits per heavy atom. The van der Waals surface area contributed by atoms with Gasteiger partial charge in [-0.3, -0.25) is 0 Å². The lowest BCUT2D eigenvalue weighted by molar-refractivity contribution is 0.399. The van der Waals surface area contributed by atoms with E-state index in [2.05, 4.69) is 57.0 Å². The highest BCUT2D eigenvalue weighted by Gasteiger charge is 2.29. The molecule has 1 aliphatic heterocycles. The molecule has 0 saturated carbocycles. The van der Waals surface area contributed by atoms with E-state index in [1.807, 2.05) is 12.3 Å². The predicted molar refractivity (Wildman–Crippen MR) is 113 cm³/mol. The smallest absolute Gasteiger partial charge is 0.123 e. The first-order valence-electron chi connectivity index (χ1n) is 9.73. The molecule has 30 heavy (non-hydrogen) atoms. The second-order valence-corrected chi connectivity index (χ2v) is 7.42. The molecule has 9 nitrogen and oxygen atoms in total. The zero-order chi connectivity index (χ0) is 20.7. The average Bonchev–Trinajstić information content (AvgIpc) is 3.51. The summed E-state index contributed by atoms with van der Waals surface area (Å²) in [5, 5.41) is 10.3. The van der Waals surface area contributed by atoms with Crippen LogP contribution in [0, 0.1) is 18.3 Å². The summed E-state index contributed by atoms with van der Waals surface area (Å²) in [6.45, 7) is 2.07. The molecule has 2 aromatic heterocycles. The Bertz CT molecular complexity index is 1260. The van der Waals surface area contributed by atoms with Gasteiger partial charge in [0.1, 0.15) is 11.6 Å². The molecule has 0 radical (unpaired) electrons. The van der Waals surface area contributed by atoms with Gasteiger partial charge in [0.05, 0.1) is 35.9 Å². The van der Waals surface area contributed by atoms with Crippen molar-refractivity contribution in [3.8, 4) is 11.8 Å². The van der Waals surface area contributed by atoms with E-state index in [1.165, 1.54) is 0 Å². The summed E-state index contributed by atoms with van der Waals surface area (Å²) in [4.78, 5) is 11.7. The molecular weight excluding hydrogens is 380 g/mol. The van der Waals surface area contributed by atoms with Gasteiger partial charge in [-0.2, -0.15) is 16.3 Å². The molecule has 2 aromatic carbocycles. The first-order valence-corrected chi connectivity index (χ1v) is 9.73. The van der Waals surface area contributed by atoms with Gasteiger partial charge in [0.2, 0.25) is 0 Å². The summed E-state index contributed by atoms with van der Waals surface area (Å²) in [7, 11) is 1.70. The highest BCUT2D eigenvalue weighted by Crippen LogP contribution is 2.40. The van der Waals surface area contributed by atoms with E-state index < -0.39 is 0 Å². The van der Waals surface area contributed by atoms with Crippen molar-refractivity contribution < 1.29 is 4.74 Å². The van der Waals surface area contributed by atoms with E-state index >= 15 is 0 Å². The molecule has 3 heterocycles. The van der Waals surface area contributed by atoms with Crippen LogP contribution in [0.5, 0.6) is 5.75 Å². The summed E-state index contributed by atoms with van der Waals surface area (Å²) in [5.41, 5.74) is 17.6. The first-order chi connectivity index (χ1) is 14.7. The highest BCUT2D eigenvalue weighted by molar-refractivity contribution is 5.89. The molecule has 0 spiro atoms. The summed E-state index contributed by atoms with van der Waals surface area (Å²) in [6, 6.07) is 11.8. The van der Waals surface area contributed by atoms with Gasteiger partial charge in [-0.1, -0.05) is 0 Å². The number of aromatic nitrogens is 3. The summed E-state index contributed by atoms with van der Waals surface area (Å²) >= 11 is 0. The Balaban J connectivity index is 1.70. The Labute approximate surface area is 172 Å². The Morgan fingerprint density at radius 2 is 2.03 bits per heavy atom. The predicted octanol–water partition coefficient (Wildman–Crippen LogP) is 2.20. The van der Waals surface area contributed by atoms with Crippen LogP contribution in [-0.4, -0.2) is 28.2 Å². The van der Waals surface area contributed by atoms with E-state index in [-0.39, 0.29) is 12.1 Å². The summed E-state index contributed by atoms with van der Waals surface area (Å²) in [5.74, 6) is 1.55. The zero-order valence-electron chi connectivity index (χ0n) is 16.6. The van der Waals surface area contributed by atoms with E-state index in [1.54, 1.807) is 19.2 Å². The number of rotatable bonds is 5. The third-order valence-electron chi connectivity index (χ3n) is 5.60. The third kappa shape index (κ3) is 3.08. The van der Waals surface area contributed by atoms with Crippen LogP contribution in [0.1, 0.15) is 34.9 Å². The molecule has 0 bridgehead atoms. The fourth-order valence-corrected chi connectivity index (χ4v) is 4.19. The normalized spacial score (nSPS) is 15.6. The number of nitrogens with zero attached hydrogens (tertiary/aromatic N) is 2. The van der Waals surface area contributed by atoms with Crippen molar-refractivity contribution in [3.63, 3.8) is 0 Å². The van der Waals surface area contributed by atoms with Gasteiger partial charge in [0.15, 0.2) is 0 Å². The molecule has 1 atom stereocenters. The number of aromatic amines is 2.